The third kappa shape index (κ3) is 9.80. The SMILES string of the molecule is CCCCC(C)(C)C(=O)NC[C@H](O)[C@H](C[C@H](Cc1ccc(-c2ccccc2)c(O)c1)C(C)C)NBOC. The van der Waals surface area contributed by atoms with Crippen molar-refractivity contribution in [2.75, 3.05) is 13.7 Å². The highest BCUT2D eigenvalue weighted by atomic mass is 16.4. The summed E-state index contributed by atoms with van der Waals surface area (Å²) in [6.07, 6.45) is 3.59. The molecule has 2 aromatic rings. The third-order valence-electron chi connectivity index (χ3n) is 7.34. The fraction of sp³-hybridized carbons (Fsp3) is 0.567. The van der Waals surface area contributed by atoms with Gasteiger partial charge in [0.1, 0.15) is 5.75 Å². The molecular formula is C30H47BN2O4. The summed E-state index contributed by atoms with van der Waals surface area (Å²) < 4.78 is 5.24. The van der Waals surface area contributed by atoms with Gasteiger partial charge >= 0.3 is 7.62 Å². The lowest BCUT2D eigenvalue weighted by atomic mass is 9.82. The summed E-state index contributed by atoms with van der Waals surface area (Å²) in [5.41, 5.74) is 2.40. The van der Waals surface area contributed by atoms with E-state index in [0.717, 1.165) is 42.4 Å². The lowest BCUT2D eigenvalue weighted by molar-refractivity contribution is -0.130. The zero-order valence-electron chi connectivity index (χ0n) is 23.6. The third-order valence-corrected chi connectivity index (χ3v) is 7.34. The maximum Gasteiger partial charge on any atom is 0.360 e. The van der Waals surface area contributed by atoms with E-state index in [1.54, 1.807) is 7.11 Å². The van der Waals surface area contributed by atoms with Crippen LogP contribution in [0.4, 0.5) is 0 Å². The van der Waals surface area contributed by atoms with Gasteiger partial charge < -0.3 is 25.4 Å². The minimum Gasteiger partial charge on any atom is -0.507 e. The van der Waals surface area contributed by atoms with Crippen molar-refractivity contribution in [2.45, 2.75) is 78.9 Å². The lowest BCUT2D eigenvalue weighted by Gasteiger charge is -2.31. The number of rotatable bonds is 16. The van der Waals surface area contributed by atoms with Gasteiger partial charge in [0.25, 0.3) is 0 Å². The zero-order chi connectivity index (χ0) is 27.4. The van der Waals surface area contributed by atoms with E-state index in [2.05, 4.69) is 37.4 Å². The number of aliphatic hydroxyl groups is 1. The van der Waals surface area contributed by atoms with E-state index in [-0.39, 0.29) is 30.2 Å². The van der Waals surface area contributed by atoms with E-state index in [4.69, 9.17) is 4.65 Å². The van der Waals surface area contributed by atoms with Gasteiger partial charge in [0.2, 0.25) is 5.91 Å². The Bertz CT molecular complexity index is 952. The molecule has 0 heterocycles. The number of aliphatic hydroxyl groups excluding tert-OH is 1. The standard InChI is InChI=1S/C30H47BN2O4/c1-7-8-16-30(4,5)29(36)32-20-28(35)26(33-31-37-6)19-24(21(2)3)17-22-14-15-25(27(34)18-22)23-12-10-9-11-13-23/h9-15,18,21,24,26,28,31,33-35H,7-8,16-17,19-20H2,1-6H3,(H,32,36)/t24-,26-,28-/m0/s1. The maximum absolute atomic E-state index is 12.8. The van der Waals surface area contributed by atoms with Crippen LogP contribution in [0.15, 0.2) is 48.5 Å². The Morgan fingerprint density at radius 1 is 1.14 bits per heavy atom. The van der Waals surface area contributed by atoms with Crippen LogP contribution in [0.3, 0.4) is 0 Å². The molecule has 2 rings (SSSR count). The van der Waals surface area contributed by atoms with Gasteiger partial charge in [-0.15, -0.1) is 0 Å². The van der Waals surface area contributed by atoms with E-state index < -0.39 is 11.5 Å². The van der Waals surface area contributed by atoms with Crippen molar-refractivity contribution in [3.8, 4) is 16.9 Å². The minimum absolute atomic E-state index is 0.0279. The molecule has 0 bridgehead atoms. The molecule has 2 aromatic carbocycles. The normalized spacial score (nSPS) is 14.3. The number of benzene rings is 2. The Balaban J connectivity index is 2.08. The summed E-state index contributed by atoms with van der Waals surface area (Å²) >= 11 is 0. The highest BCUT2D eigenvalue weighted by Crippen LogP contribution is 2.32. The van der Waals surface area contributed by atoms with Crippen molar-refractivity contribution < 1.29 is 19.7 Å². The first kappa shape index (κ1) is 30.9. The second-order valence-corrected chi connectivity index (χ2v) is 11.2. The number of carbonyl (C=O) groups is 1. The number of nitrogens with one attached hydrogen (secondary N) is 2. The Kier molecular flexibility index (Phi) is 12.7. The van der Waals surface area contributed by atoms with Gasteiger partial charge in [0.05, 0.1) is 6.10 Å². The van der Waals surface area contributed by atoms with Crippen LogP contribution >= 0.6 is 0 Å². The van der Waals surface area contributed by atoms with Crippen LogP contribution in [0.25, 0.3) is 11.1 Å². The lowest BCUT2D eigenvalue weighted by Crippen LogP contribution is -2.50. The molecule has 204 valence electrons. The quantitative estimate of drug-likeness (QED) is 0.243. The second-order valence-electron chi connectivity index (χ2n) is 11.2. The summed E-state index contributed by atoms with van der Waals surface area (Å²) in [6, 6.07) is 15.5. The Hall–Kier alpha value is -2.35. The smallest absolute Gasteiger partial charge is 0.360 e. The molecule has 4 N–H and O–H groups in total. The molecule has 0 aliphatic carbocycles. The predicted octanol–water partition coefficient (Wildman–Crippen LogP) is 4.83. The minimum atomic E-state index is -0.754. The fourth-order valence-corrected chi connectivity index (χ4v) is 4.66. The predicted molar refractivity (Wildman–Crippen MR) is 154 cm³/mol. The molecule has 0 saturated carbocycles. The first-order valence-electron chi connectivity index (χ1n) is 13.6. The Morgan fingerprint density at radius 3 is 2.43 bits per heavy atom. The number of phenols is 1. The van der Waals surface area contributed by atoms with Crippen LogP contribution in [0.1, 0.15) is 65.9 Å². The number of hydrogen-bond donors (Lipinski definition) is 4. The van der Waals surface area contributed by atoms with Gasteiger partial charge in [0.15, 0.2) is 0 Å². The summed E-state index contributed by atoms with van der Waals surface area (Å²) in [5, 5.41) is 28.0. The van der Waals surface area contributed by atoms with Crippen LogP contribution < -0.4 is 10.5 Å². The average Bonchev–Trinajstić information content (AvgIpc) is 2.88. The first-order valence-corrected chi connectivity index (χ1v) is 13.6. The van der Waals surface area contributed by atoms with Crippen LogP contribution in [-0.4, -0.2) is 49.5 Å². The summed E-state index contributed by atoms with van der Waals surface area (Å²) in [4.78, 5) is 12.8. The maximum atomic E-state index is 12.8. The molecule has 0 aromatic heterocycles. The average molecular weight is 511 g/mol. The number of phenolic OH excluding ortho intramolecular Hbond substituents is 1. The van der Waals surface area contributed by atoms with Crippen LogP contribution in [0.2, 0.25) is 0 Å². The van der Waals surface area contributed by atoms with Gasteiger partial charge in [-0.05, 0) is 48.3 Å². The fourth-order valence-electron chi connectivity index (χ4n) is 4.66. The molecule has 0 radical (unpaired) electrons. The number of hydrogen-bond acceptors (Lipinski definition) is 5. The molecule has 0 spiro atoms. The van der Waals surface area contributed by atoms with E-state index in [9.17, 15) is 15.0 Å². The highest BCUT2D eigenvalue weighted by molar-refractivity contribution is 6.23. The van der Waals surface area contributed by atoms with E-state index in [1.807, 2.05) is 56.3 Å². The first-order chi connectivity index (χ1) is 17.6. The largest absolute Gasteiger partial charge is 0.507 e. The molecule has 1 amide bonds. The van der Waals surface area contributed by atoms with Crippen molar-refractivity contribution in [3.63, 3.8) is 0 Å². The molecule has 3 atom stereocenters. The van der Waals surface area contributed by atoms with Gasteiger partial charge in [-0.2, -0.15) is 0 Å². The Morgan fingerprint density at radius 2 is 1.84 bits per heavy atom. The Labute approximate surface area is 224 Å². The number of aromatic hydroxyl groups is 1. The van der Waals surface area contributed by atoms with Crippen LogP contribution in [-0.2, 0) is 15.9 Å². The number of amides is 1. The van der Waals surface area contributed by atoms with Crippen molar-refractivity contribution >= 4 is 13.5 Å². The summed E-state index contributed by atoms with van der Waals surface area (Å²) in [5.74, 6) is 0.855. The molecule has 0 saturated heterocycles. The second kappa shape index (κ2) is 15.2. The van der Waals surface area contributed by atoms with Crippen molar-refractivity contribution in [1.29, 1.82) is 0 Å². The number of carbonyl (C=O) groups excluding carboxylic acids is 1. The van der Waals surface area contributed by atoms with Crippen LogP contribution in [0.5, 0.6) is 5.75 Å². The van der Waals surface area contributed by atoms with Crippen molar-refractivity contribution in [2.24, 2.45) is 17.3 Å². The highest BCUT2D eigenvalue weighted by Gasteiger charge is 2.29. The molecule has 0 unspecified atom stereocenters. The van der Waals surface area contributed by atoms with E-state index in [1.165, 1.54) is 0 Å². The van der Waals surface area contributed by atoms with Gasteiger partial charge in [0, 0.05) is 30.7 Å². The van der Waals surface area contributed by atoms with Gasteiger partial charge in [-0.1, -0.05) is 89.9 Å². The summed E-state index contributed by atoms with van der Waals surface area (Å²) in [6.45, 7) is 10.6. The van der Waals surface area contributed by atoms with Crippen molar-refractivity contribution in [1.82, 2.24) is 10.5 Å². The molecule has 0 aliphatic rings. The van der Waals surface area contributed by atoms with E-state index in [0.29, 0.717) is 20.0 Å². The zero-order valence-corrected chi connectivity index (χ0v) is 23.6. The molecule has 0 aliphatic heterocycles. The molecule has 6 nitrogen and oxygen atoms in total. The van der Waals surface area contributed by atoms with Crippen molar-refractivity contribution in [3.05, 3.63) is 54.1 Å². The van der Waals surface area contributed by atoms with Gasteiger partial charge in [-0.25, -0.2) is 0 Å². The molecule has 37 heavy (non-hydrogen) atoms. The van der Waals surface area contributed by atoms with Gasteiger partial charge in [-0.3, -0.25) is 4.79 Å². The molecular weight excluding hydrogens is 463 g/mol. The molecule has 0 fully saturated rings. The van der Waals surface area contributed by atoms with E-state index >= 15 is 0 Å². The summed E-state index contributed by atoms with van der Waals surface area (Å²) in [7, 11) is 1.93. The molecule has 7 heteroatoms. The monoisotopic (exact) mass is 510 g/mol. The topological polar surface area (TPSA) is 90.8 Å². The number of unbranched alkanes of at least 4 members (excludes halogenated alkanes) is 1. The van der Waals surface area contributed by atoms with Crippen LogP contribution in [0, 0.1) is 17.3 Å².